The second-order valence-electron chi connectivity index (χ2n) is 6.34. The maximum atomic E-state index is 13.1. The summed E-state index contributed by atoms with van der Waals surface area (Å²) in [4.78, 5) is 15.0. The molecule has 144 valence electrons. The van der Waals surface area contributed by atoms with Crippen molar-refractivity contribution in [3.8, 4) is 5.75 Å². The van der Waals surface area contributed by atoms with Crippen LogP contribution in [0.4, 0.5) is 5.69 Å². The summed E-state index contributed by atoms with van der Waals surface area (Å²) in [5.41, 5.74) is 1.37. The van der Waals surface area contributed by atoms with Crippen LogP contribution in [0.1, 0.15) is 11.6 Å². The fraction of sp³-hybridized carbons (Fsp3) is 0.316. The summed E-state index contributed by atoms with van der Waals surface area (Å²) in [6, 6.07) is 13.8. The van der Waals surface area contributed by atoms with Crippen LogP contribution in [0.5, 0.6) is 5.75 Å². The first-order valence-electron chi connectivity index (χ1n) is 8.53. The van der Waals surface area contributed by atoms with Gasteiger partial charge in [-0.15, -0.1) is 0 Å². The molecule has 2 aromatic carbocycles. The van der Waals surface area contributed by atoms with E-state index in [0.29, 0.717) is 29.5 Å². The molecular formula is C19H21ClN2O4S. The van der Waals surface area contributed by atoms with Gasteiger partial charge in [-0.25, -0.2) is 8.42 Å². The number of methoxy groups -OCH3 is 1. The Morgan fingerprint density at radius 1 is 1.15 bits per heavy atom. The molecule has 3 rings (SSSR count). The van der Waals surface area contributed by atoms with Gasteiger partial charge in [-0.1, -0.05) is 41.9 Å². The lowest BCUT2D eigenvalue weighted by molar-refractivity contribution is -0.121. The molecule has 2 aromatic rings. The Balaban J connectivity index is 1.84. The minimum absolute atomic E-state index is 0.0535. The summed E-state index contributed by atoms with van der Waals surface area (Å²) in [6.07, 6.45) is 0. The van der Waals surface area contributed by atoms with E-state index < -0.39 is 15.9 Å². The van der Waals surface area contributed by atoms with E-state index in [0.717, 1.165) is 5.56 Å². The van der Waals surface area contributed by atoms with Crippen LogP contribution in [0.25, 0.3) is 0 Å². The Labute approximate surface area is 164 Å². The average molecular weight is 409 g/mol. The Morgan fingerprint density at radius 2 is 1.81 bits per heavy atom. The number of halogens is 1. The molecule has 0 aliphatic carbocycles. The number of carbonyl (C=O) groups excluding carboxylic acids is 1. The third-order valence-electron chi connectivity index (χ3n) is 4.53. The van der Waals surface area contributed by atoms with Crippen molar-refractivity contribution in [2.45, 2.75) is 6.04 Å². The van der Waals surface area contributed by atoms with E-state index in [-0.39, 0.29) is 17.4 Å². The molecule has 0 saturated carbocycles. The predicted octanol–water partition coefficient (Wildman–Crippen LogP) is 2.76. The van der Waals surface area contributed by atoms with Crippen molar-refractivity contribution >= 4 is 33.0 Å². The minimum atomic E-state index is -3.03. The topological polar surface area (TPSA) is 75.7 Å². The van der Waals surface area contributed by atoms with Crippen molar-refractivity contribution in [3.05, 3.63) is 59.1 Å². The molecule has 0 bridgehead atoms. The first-order valence-corrected chi connectivity index (χ1v) is 10.7. The lowest BCUT2D eigenvalue weighted by Crippen LogP contribution is -2.46. The zero-order valence-corrected chi connectivity index (χ0v) is 16.5. The van der Waals surface area contributed by atoms with Gasteiger partial charge in [0.05, 0.1) is 23.6 Å². The number of hydrogen-bond acceptors (Lipinski definition) is 5. The molecule has 1 atom stereocenters. The zero-order valence-electron chi connectivity index (χ0n) is 14.9. The number of nitrogens with one attached hydrogen (secondary N) is 1. The van der Waals surface area contributed by atoms with Crippen LogP contribution in [0.2, 0.25) is 5.02 Å². The van der Waals surface area contributed by atoms with Gasteiger partial charge in [0.15, 0.2) is 9.84 Å². The van der Waals surface area contributed by atoms with Crippen LogP contribution in [0.3, 0.4) is 0 Å². The number of sulfone groups is 1. The highest BCUT2D eigenvalue weighted by Gasteiger charge is 2.32. The third kappa shape index (κ3) is 4.80. The molecular weight excluding hydrogens is 388 g/mol. The second-order valence-corrected chi connectivity index (χ2v) is 9.05. The van der Waals surface area contributed by atoms with Gasteiger partial charge in [0.1, 0.15) is 11.8 Å². The predicted molar refractivity (Wildman–Crippen MR) is 106 cm³/mol. The number of rotatable bonds is 5. The van der Waals surface area contributed by atoms with Crippen molar-refractivity contribution in [1.29, 1.82) is 0 Å². The SMILES string of the molecule is COc1ccc(NC(=O)C(c2ccccc2)N2CCS(=O)(=O)CC2)cc1Cl. The summed E-state index contributed by atoms with van der Waals surface area (Å²) >= 11 is 6.14. The number of carbonyl (C=O) groups is 1. The highest BCUT2D eigenvalue weighted by Crippen LogP contribution is 2.29. The number of amides is 1. The van der Waals surface area contributed by atoms with Crippen LogP contribution in [-0.4, -0.2) is 50.9 Å². The Kier molecular flexibility index (Phi) is 6.04. The molecule has 1 aliphatic rings. The van der Waals surface area contributed by atoms with Gasteiger partial charge in [-0.2, -0.15) is 0 Å². The lowest BCUT2D eigenvalue weighted by atomic mass is 10.0. The summed E-state index contributed by atoms with van der Waals surface area (Å²) in [6.45, 7) is 0.636. The molecule has 1 heterocycles. The van der Waals surface area contributed by atoms with Crippen molar-refractivity contribution in [1.82, 2.24) is 4.90 Å². The molecule has 8 heteroatoms. The fourth-order valence-corrected chi connectivity index (χ4v) is 4.59. The third-order valence-corrected chi connectivity index (χ3v) is 6.43. The molecule has 1 amide bonds. The summed E-state index contributed by atoms with van der Waals surface area (Å²) in [7, 11) is -1.51. The van der Waals surface area contributed by atoms with E-state index in [1.807, 2.05) is 35.2 Å². The number of nitrogens with zero attached hydrogens (tertiary/aromatic N) is 1. The summed E-state index contributed by atoms with van der Waals surface area (Å²) in [5.74, 6) is 0.396. The van der Waals surface area contributed by atoms with Gasteiger partial charge >= 0.3 is 0 Å². The van der Waals surface area contributed by atoms with E-state index in [1.165, 1.54) is 7.11 Å². The molecule has 6 nitrogen and oxygen atoms in total. The van der Waals surface area contributed by atoms with Crippen LogP contribution < -0.4 is 10.1 Å². The largest absolute Gasteiger partial charge is 0.495 e. The average Bonchev–Trinajstić information content (AvgIpc) is 2.64. The highest BCUT2D eigenvalue weighted by atomic mass is 35.5. The molecule has 0 radical (unpaired) electrons. The quantitative estimate of drug-likeness (QED) is 0.823. The summed E-state index contributed by atoms with van der Waals surface area (Å²) in [5, 5.41) is 3.28. The second kappa shape index (κ2) is 8.29. The summed E-state index contributed by atoms with van der Waals surface area (Å²) < 4.78 is 28.6. The molecule has 27 heavy (non-hydrogen) atoms. The normalized spacial score (nSPS) is 17.9. The van der Waals surface area contributed by atoms with Gasteiger partial charge in [-0.3, -0.25) is 9.69 Å². The highest BCUT2D eigenvalue weighted by molar-refractivity contribution is 7.91. The molecule has 1 saturated heterocycles. The lowest BCUT2D eigenvalue weighted by Gasteiger charge is -2.33. The van der Waals surface area contributed by atoms with E-state index >= 15 is 0 Å². The molecule has 0 aromatic heterocycles. The maximum Gasteiger partial charge on any atom is 0.246 e. The van der Waals surface area contributed by atoms with E-state index in [1.54, 1.807) is 18.2 Å². The van der Waals surface area contributed by atoms with Gasteiger partial charge < -0.3 is 10.1 Å². The van der Waals surface area contributed by atoms with E-state index in [4.69, 9.17) is 16.3 Å². The zero-order chi connectivity index (χ0) is 19.4. The molecule has 0 spiro atoms. The van der Waals surface area contributed by atoms with Gasteiger partial charge in [-0.05, 0) is 23.8 Å². The van der Waals surface area contributed by atoms with Gasteiger partial charge in [0.2, 0.25) is 5.91 Å². The Hall–Kier alpha value is -2.09. The van der Waals surface area contributed by atoms with Crippen molar-refractivity contribution < 1.29 is 17.9 Å². The van der Waals surface area contributed by atoms with Crippen molar-refractivity contribution in [3.63, 3.8) is 0 Å². The minimum Gasteiger partial charge on any atom is -0.495 e. The van der Waals surface area contributed by atoms with Gasteiger partial charge in [0.25, 0.3) is 0 Å². The van der Waals surface area contributed by atoms with Crippen molar-refractivity contribution in [2.75, 3.05) is 37.0 Å². The van der Waals surface area contributed by atoms with Crippen LogP contribution in [-0.2, 0) is 14.6 Å². The standard InChI is InChI=1S/C19H21ClN2O4S/c1-26-17-8-7-15(13-16(17)20)21-19(23)18(14-5-3-2-4-6-14)22-9-11-27(24,25)12-10-22/h2-8,13,18H,9-12H2,1H3,(H,21,23). The van der Waals surface area contributed by atoms with Gasteiger partial charge in [0, 0.05) is 18.8 Å². The monoisotopic (exact) mass is 408 g/mol. The molecule has 1 N–H and O–H groups in total. The van der Waals surface area contributed by atoms with Crippen LogP contribution in [0, 0.1) is 0 Å². The maximum absolute atomic E-state index is 13.1. The molecule has 1 fully saturated rings. The molecule has 1 unspecified atom stereocenters. The number of ether oxygens (including phenoxy) is 1. The Bertz CT molecular complexity index is 905. The first kappa shape index (κ1) is 19.7. The van der Waals surface area contributed by atoms with E-state index in [2.05, 4.69) is 5.32 Å². The Morgan fingerprint density at radius 3 is 2.41 bits per heavy atom. The first-order chi connectivity index (χ1) is 12.9. The smallest absolute Gasteiger partial charge is 0.246 e. The fourth-order valence-electron chi connectivity index (χ4n) is 3.10. The van der Waals surface area contributed by atoms with Crippen LogP contribution >= 0.6 is 11.6 Å². The van der Waals surface area contributed by atoms with Crippen LogP contribution in [0.15, 0.2) is 48.5 Å². The molecule has 1 aliphatic heterocycles. The number of benzene rings is 2. The van der Waals surface area contributed by atoms with E-state index in [9.17, 15) is 13.2 Å². The number of anilines is 1. The number of hydrogen-bond donors (Lipinski definition) is 1. The van der Waals surface area contributed by atoms with Crippen molar-refractivity contribution in [2.24, 2.45) is 0 Å².